The number of aromatic nitrogens is 4. The van der Waals surface area contributed by atoms with Gasteiger partial charge >= 0.3 is 0 Å². The van der Waals surface area contributed by atoms with E-state index in [9.17, 15) is 0 Å². The lowest BCUT2D eigenvalue weighted by Crippen LogP contribution is -2.04. The zero-order valence-corrected chi connectivity index (χ0v) is 11.3. The Morgan fingerprint density at radius 1 is 1.25 bits per heavy atom. The minimum Gasteiger partial charge on any atom is -0.494 e. The van der Waals surface area contributed by atoms with Crippen LogP contribution in [0.5, 0.6) is 5.75 Å². The summed E-state index contributed by atoms with van der Waals surface area (Å²) in [4.78, 5) is 8.86. The van der Waals surface area contributed by atoms with Gasteiger partial charge in [0.15, 0.2) is 11.5 Å². The number of nitrogen functional groups attached to an aromatic ring is 1. The van der Waals surface area contributed by atoms with Crippen LogP contribution in [-0.2, 0) is 11.2 Å². The molecule has 1 aromatic carbocycles. The second-order valence-corrected chi connectivity index (χ2v) is 4.33. The molecule has 0 aliphatic heterocycles. The van der Waals surface area contributed by atoms with Crippen molar-refractivity contribution in [3.05, 3.63) is 24.0 Å². The number of fused-ring (bicyclic) bond motifs is 3. The predicted octanol–water partition coefficient (Wildman–Crippen LogP) is 1.06. The maximum Gasteiger partial charge on any atom is 0.223 e. The number of hydrogen-bond acceptors (Lipinski definition) is 6. The van der Waals surface area contributed by atoms with Gasteiger partial charge < -0.3 is 15.2 Å². The van der Waals surface area contributed by atoms with E-state index in [1.165, 1.54) is 0 Å². The van der Waals surface area contributed by atoms with Crippen LogP contribution in [0.25, 0.3) is 16.6 Å². The first-order valence-electron chi connectivity index (χ1n) is 6.21. The van der Waals surface area contributed by atoms with Crippen molar-refractivity contribution >= 4 is 22.5 Å². The van der Waals surface area contributed by atoms with Crippen molar-refractivity contribution in [2.24, 2.45) is 0 Å². The molecule has 0 radical (unpaired) electrons. The monoisotopic (exact) mass is 273 g/mol. The molecule has 0 saturated heterocycles. The minimum atomic E-state index is 0.285. The van der Waals surface area contributed by atoms with Gasteiger partial charge in [0, 0.05) is 18.9 Å². The number of nitrogens with two attached hydrogens (primary N) is 1. The van der Waals surface area contributed by atoms with Crippen LogP contribution in [0.3, 0.4) is 0 Å². The highest BCUT2D eigenvalue weighted by Crippen LogP contribution is 2.27. The van der Waals surface area contributed by atoms with Crippen molar-refractivity contribution in [2.45, 2.75) is 6.42 Å². The molecular formula is C13H15N5O2. The van der Waals surface area contributed by atoms with Crippen molar-refractivity contribution in [2.75, 3.05) is 26.6 Å². The van der Waals surface area contributed by atoms with Crippen LogP contribution in [0, 0.1) is 0 Å². The molecule has 2 N–H and O–H groups in total. The lowest BCUT2D eigenvalue weighted by atomic mass is 10.2. The fourth-order valence-electron chi connectivity index (χ4n) is 2.13. The molecule has 7 heteroatoms. The van der Waals surface area contributed by atoms with E-state index >= 15 is 0 Å². The van der Waals surface area contributed by atoms with Gasteiger partial charge in [0.2, 0.25) is 5.95 Å². The molecule has 0 amide bonds. The van der Waals surface area contributed by atoms with E-state index in [1.54, 1.807) is 18.7 Å². The van der Waals surface area contributed by atoms with Crippen LogP contribution in [0.2, 0.25) is 0 Å². The van der Waals surface area contributed by atoms with Crippen molar-refractivity contribution in [3.8, 4) is 5.75 Å². The third-order valence-electron chi connectivity index (χ3n) is 3.08. The van der Waals surface area contributed by atoms with Gasteiger partial charge in [-0.2, -0.15) is 4.52 Å². The summed E-state index contributed by atoms with van der Waals surface area (Å²) in [5, 5.41) is 5.21. The summed E-state index contributed by atoms with van der Waals surface area (Å²) in [6.07, 6.45) is 0.628. The molecule has 0 bridgehead atoms. The summed E-state index contributed by atoms with van der Waals surface area (Å²) in [5.41, 5.74) is 7.31. The number of benzene rings is 1. The SMILES string of the molecule is COCCc1nc2c3cccc(OC)c3nc(N)n2n1. The number of hydrogen-bond donors (Lipinski definition) is 1. The smallest absolute Gasteiger partial charge is 0.223 e. The van der Waals surface area contributed by atoms with Gasteiger partial charge in [0.05, 0.1) is 13.7 Å². The van der Waals surface area contributed by atoms with Gasteiger partial charge in [0.1, 0.15) is 11.3 Å². The van der Waals surface area contributed by atoms with Gasteiger partial charge in [-0.3, -0.25) is 0 Å². The highest BCUT2D eigenvalue weighted by atomic mass is 16.5. The summed E-state index contributed by atoms with van der Waals surface area (Å²) in [6.45, 7) is 0.561. The van der Waals surface area contributed by atoms with Gasteiger partial charge in [-0.15, -0.1) is 5.10 Å². The standard InChI is InChI=1S/C13H15N5O2/c1-19-7-6-10-15-12-8-4-3-5-9(20-2)11(8)16-13(14)18(12)17-10/h3-5H,6-7H2,1-2H3,(H2,14,16). The normalized spacial score (nSPS) is 11.3. The molecule has 0 saturated carbocycles. The third kappa shape index (κ3) is 1.92. The molecule has 0 aliphatic carbocycles. The highest BCUT2D eigenvalue weighted by molar-refractivity contribution is 5.95. The minimum absolute atomic E-state index is 0.285. The lowest BCUT2D eigenvalue weighted by Gasteiger charge is -2.06. The van der Waals surface area contributed by atoms with E-state index < -0.39 is 0 Å². The molecule has 0 atom stereocenters. The Hall–Kier alpha value is -2.41. The molecule has 0 unspecified atom stereocenters. The zero-order chi connectivity index (χ0) is 14.1. The molecular weight excluding hydrogens is 258 g/mol. The van der Waals surface area contributed by atoms with Crippen molar-refractivity contribution in [3.63, 3.8) is 0 Å². The highest BCUT2D eigenvalue weighted by Gasteiger charge is 2.13. The van der Waals surface area contributed by atoms with E-state index in [2.05, 4.69) is 15.1 Å². The Balaban J connectivity index is 2.26. The Labute approximate surface area is 115 Å². The second-order valence-electron chi connectivity index (χ2n) is 4.33. The number of rotatable bonds is 4. The quantitative estimate of drug-likeness (QED) is 0.764. The molecule has 0 spiro atoms. The van der Waals surface area contributed by atoms with Crippen molar-refractivity contribution < 1.29 is 9.47 Å². The fourth-order valence-corrected chi connectivity index (χ4v) is 2.13. The summed E-state index contributed by atoms with van der Waals surface area (Å²) in [7, 11) is 3.25. The Kier molecular flexibility index (Phi) is 3.11. The maximum absolute atomic E-state index is 5.95. The first kappa shape index (κ1) is 12.6. The summed E-state index contributed by atoms with van der Waals surface area (Å²) >= 11 is 0. The van der Waals surface area contributed by atoms with Gasteiger partial charge in [-0.1, -0.05) is 6.07 Å². The van der Waals surface area contributed by atoms with E-state index in [0.29, 0.717) is 35.8 Å². The number of methoxy groups -OCH3 is 2. The largest absolute Gasteiger partial charge is 0.494 e. The van der Waals surface area contributed by atoms with Gasteiger partial charge in [-0.25, -0.2) is 9.97 Å². The van der Waals surface area contributed by atoms with E-state index in [0.717, 1.165) is 5.39 Å². The van der Waals surface area contributed by atoms with E-state index in [1.807, 2.05) is 18.2 Å². The Morgan fingerprint density at radius 3 is 2.85 bits per heavy atom. The summed E-state index contributed by atoms with van der Waals surface area (Å²) in [6, 6.07) is 5.66. The average molecular weight is 273 g/mol. The van der Waals surface area contributed by atoms with Crippen LogP contribution in [0.15, 0.2) is 18.2 Å². The summed E-state index contributed by atoms with van der Waals surface area (Å²) < 4.78 is 11.9. The number of ether oxygens (including phenoxy) is 2. The average Bonchev–Trinajstić information content (AvgIpc) is 2.90. The van der Waals surface area contributed by atoms with Gasteiger partial charge in [-0.05, 0) is 12.1 Å². The topological polar surface area (TPSA) is 87.6 Å². The summed E-state index contributed by atoms with van der Waals surface area (Å²) in [5.74, 6) is 1.63. The molecule has 0 aliphatic rings. The Morgan fingerprint density at radius 2 is 2.10 bits per heavy atom. The van der Waals surface area contributed by atoms with Crippen LogP contribution < -0.4 is 10.5 Å². The Bertz CT molecular complexity index is 768. The van der Waals surface area contributed by atoms with Crippen LogP contribution in [0.1, 0.15) is 5.82 Å². The van der Waals surface area contributed by atoms with Crippen LogP contribution in [-0.4, -0.2) is 40.4 Å². The molecule has 104 valence electrons. The second kappa shape index (κ2) is 4.93. The van der Waals surface area contributed by atoms with Crippen molar-refractivity contribution in [1.29, 1.82) is 0 Å². The molecule has 2 heterocycles. The molecule has 2 aromatic heterocycles. The molecule has 20 heavy (non-hydrogen) atoms. The van der Waals surface area contributed by atoms with Crippen LogP contribution >= 0.6 is 0 Å². The number of nitrogens with zero attached hydrogens (tertiary/aromatic N) is 4. The lowest BCUT2D eigenvalue weighted by molar-refractivity contribution is 0.200. The fraction of sp³-hybridized carbons (Fsp3) is 0.308. The first-order chi connectivity index (χ1) is 9.74. The molecule has 3 rings (SSSR count). The first-order valence-corrected chi connectivity index (χ1v) is 6.21. The molecule has 3 aromatic rings. The molecule has 0 fully saturated rings. The zero-order valence-electron chi connectivity index (χ0n) is 11.3. The maximum atomic E-state index is 5.95. The number of anilines is 1. The molecule has 7 nitrogen and oxygen atoms in total. The third-order valence-corrected chi connectivity index (χ3v) is 3.08. The van der Waals surface area contributed by atoms with E-state index in [-0.39, 0.29) is 5.95 Å². The predicted molar refractivity (Wildman–Crippen MR) is 74.8 cm³/mol. The number of para-hydroxylation sites is 1. The van der Waals surface area contributed by atoms with Gasteiger partial charge in [0.25, 0.3) is 0 Å². The van der Waals surface area contributed by atoms with E-state index in [4.69, 9.17) is 15.2 Å². The van der Waals surface area contributed by atoms with Crippen LogP contribution in [0.4, 0.5) is 5.95 Å². The van der Waals surface area contributed by atoms with Crippen molar-refractivity contribution in [1.82, 2.24) is 19.6 Å².